The summed E-state index contributed by atoms with van der Waals surface area (Å²) in [6.07, 6.45) is 5.09. The molecule has 2 aromatic heterocycles. The first-order chi connectivity index (χ1) is 10.6. The molecule has 22 heavy (non-hydrogen) atoms. The summed E-state index contributed by atoms with van der Waals surface area (Å²) >= 11 is 1.60. The third-order valence-electron chi connectivity index (χ3n) is 3.91. The van der Waals surface area contributed by atoms with Crippen molar-refractivity contribution in [3.8, 4) is 0 Å². The van der Waals surface area contributed by atoms with E-state index in [1.807, 2.05) is 31.2 Å². The molecule has 114 valence electrons. The highest BCUT2D eigenvalue weighted by molar-refractivity contribution is 7.14. The predicted molar refractivity (Wildman–Crippen MR) is 89.4 cm³/mol. The number of nitrogens with zero attached hydrogens (tertiary/aromatic N) is 2. The van der Waals surface area contributed by atoms with Crippen LogP contribution in [0.5, 0.6) is 0 Å². The van der Waals surface area contributed by atoms with Crippen LogP contribution in [-0.2, 0) is 12.8 Å². The molecule has 0 aliphatic heterocycles. The first-order valence-electron chi connectivity index (χ1n) is 7.51. The standard InChI is InChI=1S/C17H19N3OS/c1-11-6-7-15-13(9-11)10-16(22-15)17(21)20-19-12(2)14-5-3-4-8-18-14/h3-5,8,10-11H,6-7,9H2,1-2H3,(H,20,21)/b19-12-/t11-/m0/s1. The van der Waals surface area contributed by atoms with E-state index in [1.165, 1.54) is 16.9 Å². The zero-order valence-electron chi connectivity index (χ0n) is 12.8. The van der Waals surface area contributed by atoms with Gasteiger partial charge in [-0.2, -0.15) is 5.10 Å². The summed E-state index contributed by atoms with van der Waals surface area (Å²) in [5.41, 5.74) is 5.43. The van der Waals surface area contributed by atoms with Crippen LogP contribution in [0.2, 0.25) is 0 Å². The van der Waals surface area contributed by atoms with Crippen molar-refractivity contribution in [2.75, 3.05) is 0 Å². The van der Waals surface area contributed by atoms with Gasteiger partial charge in [-0.1, -0.05) is 13.0 Å². The van der Waals surface area contributed by atoms with Crippen molar-refractivity contribution in [3.63, 3.8) is 0 Å². The molecule has 0 spiro atoms. The second-order valence-electron chi connectivity index (χ2n) is 5.76. The van der Waals surface area contributed by atoms with Crippen molar-refractivity contribution in [2.45, 2.75) is 33.1 Å². The highest BCUT2D eigenvalue weighted by Gasteiger charge is 2.20. The Morgan fingerprint density at radius 1 is 1.45 bits per heavy atom. The number of carbonyl (C=O) groups excluding carboxylic acids is 1. The Labute approximate surface area is 134 Å². The second-order valence-corrected chi connectivity index (χ2v) is 6.90. The number of thiophene rings is 1. The van der Waals surface area contributed by atoms with Gasteiger partial charge in [0, 0.05) is 11.1 Å². The minimum absolute atomic E-state index is 0.137. The van der Waals surface area contributed by atoms with Crippen LogP contribution in [-0.4, -0.2) is 16.6 Å². The van der Waals surface area contributed by atoms with Gasteiger partial charge in [-0.05, 0) is 55.9 Å². The highest BCUT2D eigenvalue weighted by Crippen LogP contribution is 2.32. The minimum atomic E-state index is -0.137. The lowest BCUT2D eigenvalue weighted by molar-refractivity contribution is 0.0959. The van der Waals surface area contributed by atoms with Crippen LogP contribution in [0.25, 0.3) is 0 Å². The van der Waals surface area contributed by atoms with Gasteiger partial charge in [-0.3, -0.25) is 9.78 Å². The summed E-state index contributed by atoms with van der Waals surface area (Å²) in [7, 11) is 0. The molecular weight excluding hydrogens is 294 g/mol. The van der Waals surface area contributed by atoms with E-state index in [4.69, 9.17) is 0 Å². The average Bonchev–Trinajstić information content (AvgIpc) is 2.96. The summed E-state index contributed by atoms with van der Waals surface area (Å²) in [5.74, 6) is 0.574. The molecule has 0 bridgehead atoms. The fourth-order valence-corrected chi connectivity index (χ4v) is 3.74. The van der Waals surface area contributed by atoms with Gasteiger partial charge in [0.2, 0.25) is 0 Å². The summed E-state index contributed by atoms with van der Waals surface area (Å²) in [4.78, 5) is 18.6. The lowest BCUT2D eigenvalue weighted by Gasteiger charge is -2.16. The Kier molecular flexibility index (Phi) is 4.34. The van der Waals surface area contributed by atoms with Crippen LogP contribution >= 0.6 is 11.3 Å². The molecule has 1 amide bonds. The van der Waals surface area contributed by atoms with Gasteiger partial charge in [-0.25, -0.2) is 5.43 Å². The molecule has 1 atom stereocenters. The number of hydrogen-bond acceptors (Lipinski definition) is 4. The quantitative estimate of drug-likeness (QED) is 0.697. The maximum absolute atomic E-state index is 12.3. The normalized spacial score (nSPS) is 17.9. The monoisotopic (exact) mass is 313 g/mol. The van der Waals surface area contributed by atoms with Crippen molar-refractivity contribution < 1.29 is 4.79 Å². The van der Waals surface area contributed by atoms with Crippen LogP contribution in [0.3, 0.4) is 0 Å². The fourth-order valence-electron chi connectivity index (χ4n) is 2.64. The predicted octanol–water partition coefficient (Wildman–Crippen LogP) is 3.42. The molecule has 0 saturated heterocycles. The van der Waals surface area contributed by atoms with E-state index in [9.17, 15) is 4.79 Å². The average molecular weight is 313 g/mol. The smallest absolute Gasteiger partial charge is 0.266 e. The molecule has 4 nitrogen and oxygen atoms in total. The van der Waals surface area contributed by atoms with Crippen molar-refractivity contribution in [1.29, 1.82) is 0 Å². The van der Waals surface area contributed by atoms with Crippen LogP contribution in [0.4, 0.5) is 0 Å². The summed E-state index contributed by atoms with van der Waals surface area (Å²) < 4.78 is 0. The largest absolute Gasteiger partial charge is 0.281 e. The molecule has 0 saturated carbocycles. The summed E-state index contributed by atoms with van der Waals surface area (Å²) in [6.45, 7) is 4.10. The lowest BCUT2D eigenvalue weighted by atomic mass is 9.90. The number of carbonyl (C=O) groups is 1. The Morgan fingerprint density at radius 3 is 3.09 bits per heavy atom. The van der Waals surface area contributed by atoms with E-state index in [0.29, 0.717) is 11.6 Å². The van der Waals surface area contributed by atoms with Gasteiger partial charge in [0.25, 0.3) is 5.91 Å². The minimum Gasteiger partial charge on any atom is -0.266 e. The number of rotatable bonds is 3. The van der Waals surface area contributed by atoms with Crippen LogP contribution in [0.15, 0.2) is 35.6 Å². The van der Waals surface area contributed by atoms with Crippen molar-refractivity contribution >= 4 is 23.0 Å². The molecular formula is C17H19N3OS. The number of aromatic nitrogens is 1. The van der Waals surface area contributed by atoms with Gasteiger partial charge < -0.3 is 0 Å². The van der Waals surface area contributed by atoms with Gasteiger partial charge in [-0.15, -0.1) is 11.3 Å². The Hall–Kier alpha value is -2.01. The first-order valence-corrected chi connectivity index (χ1v) is 8.32. The van der Waals surface area contributed by atoms with Gasteiger partial charge in [0.1, 0.15) is 0 Å². The van der Waals surface area contributed by atoms with Gasteiger partial charge in [0.05, 0.1) is 16.3 Å². The maximum Gasteiger partial charge on any atom is 0.281 e. The Morgan fingerprint density at radius 2 is 2.32 bits per heavy atom. The van der Waals surface area contributed by atoms with Gasteiger partial charge in [0.15, 0.2) is 0 Å². The zero-order valence-corrected chi connectivity index (χ0v) is 13.6. The Balaban J connectivity index is 1.70. The molecule has 5 heteroatoms. The second kappa shape index (κ2) is 6.40. The number of hydrazone groups is 1. The molecule has 0 aromatic carbocycles. The third kappa shape index (κ3) is 3.25. The third-order valence-corrected chi connectivity index (χ3v) is 5.15. The van der Waals surface area contributed by atoms with E-state index in [0.717, 1.165) is 23.4 Å². The zero-order chi connectivity index (χ0) is 15.5. The molecule has 0 unspecified atom stereocenters. The highest BCUT2D eigenvalue weighted by atomic mass is 32.1. The Bertz CT molecular complexity index is 706. The molecule has 3 rings (SSSR count). The van der Waals surface area contributed by atoms with Crippen molar-refractivity contribution in [3.05, 3.63) is 51.5 Å². The molecule has 0 fully saturated rings. The SMILES string of the molecule is C/C(=N/NC(=O)c1cc2c(s1)CC[C@H](C)C2)c1ccccn1. The van der Waals surface area contributed by atoms with Gasteiger partial charge >= 0.3 is 0 Å². The lowest BCUT2D eigenvalue weighted by Crippen LogP contribution is -2.18. The number of nitrogens with one attached hydrogen (secondary N) is 1. The van der Waals surface area contributed by atoms with E-state index in [1.54, 1.807) is 17.5 Å². The van der Waals surface area contributed by atoms with E-state index < -0.39 is 0 Å². The number of aryl methyl sites for hydroxylation is 1. The molecule has 1 aliphatic carbocycles. The molecule has 2 heterocycles. The van der Waals surface area contributed by atoms with E-state index in [-0.39, 0.29) is 5.91 Å². The number of fused-ring (bicyclic) bond motifs is 1. The molecule has 1 aliphatic rings. The molecule has 0 radical (unpaired) electrons. The van der Waals surface area contributed by atoms with Crippen LogP contribution < -0.4 is 5.43 Å². The van der Waals surface area contributed by atoms with Crippen LogP contribution in [0, 0.1) is 5.92 Å². The van der Waals surface area contributed by atoms with Crippen molar-refractivity contribution in [1.82, 2.24) is 10.4 Å². The first kappa shape index (κ1) is 14.9. The maximum atomic E-state index is 12.3. The summed E-state index contributed by atoms with van der Waals surface area (Å²) in [5, 5.41) is 4.15. The molecule has 2 aromatic rings. The fraction of sp³-hybridized carbons (Fsp3) is 0.353. The number of pyridine rings is 1. The number of amides is 1. The summed E-state index contributed by atoms with van der Waals surface area (Å²) in [6, 6.07) is 7.65. The molecule has 1 N–H and O–H groups in total. The number of hydrogen-bond donors (Lipinski definition) is 1. The van der Waals surface area contributed by atoms with Crippen molar-refractivity contribution in [2.24, 2.45) is 11.0 Å². The van der Waals surface area contributed by atoms with E-state index >= 15 is 0 Å². The van der Waals surface area contributed by atoms with Crippen LogP contribution in [0.1, 0.15) is 46.1 Å². The topological polar surface area (TPSA) is 54.4 Å². The van der Waals surface area contributed by atoms with E-state index in [2.05, 4.69) is 22.4 Å².